The van der Waals surface area contributed by atoms with Crippen LogP contribution in [0.1, 0.15) is 38.1 Å². The van der Waals surface area contributed by atoms with Crippen molar-refractivity contribution in [1.29, 1.82) is 0 Å². The van der Waals surface area contributed by atoms with Gasteiger partial charge in [0.05, 0.1) is 11.2 Å². The highest BCUT2D eigenvalue weighted by Gasteiger charge is 2.51. The average Bonchev–Trinajstić information content (AvgIpc) is 2.47. The normalized spacial score (nSPS) is 21.0. The van der Waals surface area contributed by atoms with E-state index in [1.54, 1.807) is 12.1 Å². The second kappa shape index (κ2) is 4.11. The van der Waals surface area contributed by atoms with Crippen LogP contribution in [0.15, 0.2) is 18.2 Å². The average molecular weight is 248 g/mol. The lowest BCUT2D eigenvalue weighted by Gasteiger charge is -2.32. The van der Waals surface area contributed by atoms with Gasteiger partial charge in [-0.15, -0.1) is 0 Å². The monoisotopic (exact) mass is 248 g/mol. The van der Waals surface area contributed by atoms with E-state index in [0.717, 1.165) is 0 Å². The highest BCUT2D eigenvalue weighted by molar-refractivity contribution is 6.62. The number of carbonyl (C=O) groups excluding carboxylic acids is 1. The Balaban J connectivity index is 2.35. The molecule has 18 heavy (non-hydrogen) atoms. The van der Waals surface area contributed by atoms with Crippen LogP contribution in [0, 0.1) is 0 Å². The van der Waals surface area contributed by atoms with Gasteiger partial charge in [-0.3, -0.25) is 4.79 Å². The summed E-state index contributed by atoms with van der Waals surface area (Å²) in [6, 6.07) is 4.62. The number of hydrogen-bond acceptors (Lipinski definition) is 4. The molecule has 5 heteroatoms. The van der Waals surface area contributed by atoms with Crippen LogP contribution in [-0.2, 0) is 9.31 Å². The SMILES string of the molecule is CC1(C)OB(c2cc(O)cc(C=O)c2)OC1(C)C. The fourth-order valence-corrected chi connectivity index (χ4v) is 1.84. The van der Waals surface area contributed by atoms with Crippen LogP contribution in [0.4, 0.5) is 0 Å². The summed E-state index contributed by atoms with van der Waals surface area (Å²) in [4.78, 5) is 10.8. The van der Waals surface area contributed by atoms with E-state index >= 15 is 0 Å². The Bertz CT molecular complexity index is 466. The zero-order valence-electron chi connectivity index (χ0n) is 11.1. The molecule has 0 spiro atoms. The predicted molar refractivity (Wildman–Crippen MR) is 69.2 cm³/mol. The molecule has 0 amide bonds. The summed E-state index contributed by atoms with van der Waals surface area (Å²) in [5.41, 5.74) is 0.171. The molecular formula is C13H17BO4. The first-order valence-corrected chi connectivity index (χ1v) is 5.90. The van der Waals surface area contributed by atoms with Crippen LogP contribution in [0.5, 0.6) is 5.75 Å². The molecule has 4 nitrogen and oxygen atoms in total. The van der Waals surface area contributed by atoms with Crippen LogP contribution in [0.2, 0.25) is 0 Å². The Kier molecular flexibility index (Phi) is 2.99. The Hall–Kier alpha value is -1.33. The van der Waals surface area contributed by atoms with Gasteiger partial charge in [0.15, 0.2) is 0 Å². The Morgan fingerprint density at radius 2 is 1.67 bits per heavy atom. The third kappa shape index (κ3) is 2.16. The second-order valence-electron chi connectivity index (χ2n) is 5.56. The molecule has 1 heterocycles. The number of benzene rings is 1. The highest BCUT2D eigenvalue weighted by atomic mass is 16.7. The Labute approximate surface area is 107 Å². The summed E-state index contributed by atoms with van der Waals surface area (Å²) < 4.78 is 11.7. The minimum atomic E-state index is -0.569. The maximum Gasteiger partial charge on any atom is 0.494 e. The molecule has 2 rings (SSSR count). The van der Waals surface area contributed by atoms with Crippen molar-refractivity contribution in [3.63, 3.8) is 0 Å². The second-order valence-corrected chi connectivity index (χ2v) is 5.56. The molecule has 0 unspecified atom stereocenters. The Morgan fingerprint density at radius 1 is 1.11 bits per heavy atom. The lowest BCUT2D eigenvalue weighted by Crippen LogP contribution is -2.41. The largest absolute Gasteiger partial charge is 0.508 e. The molecule has 1 aromatic carbocycles. The van der Waals surface area contributed by atoms with E-state index in [-0.39, 0.29) is 5.75 Å². The molecule has 0 aromatic heterocycles. The number of hydrogen-bond donors (Lipinski definition) is 1. The first kappa shape index (κ1) is 13.1. The van der Waals surface area contributed by atoms with Crippen molar-refractivity contribution >= 4 is 18.9 Å². The molecule has 0 bridgehead atoms. The maximum absolute atomic E-state index is 10.8. The molecule has 0 saturated carbocycles. The topological polar surface area (TPSA) is 55.8 Å². The summed E-state index contributed by atoms with van der Waals surface area (Å²) in [5, 5.41) is 9.58. The molecule has 0 radical (unpaired) electrons. The van der Waals surface area contributed by atoms with Crippen molar-refractivity contribution in [1.82, 2.24) is 0 Å². The lowest BCUT2D eigenvalue weighted by molar-refractivity contribution is 0.00578. The van der Waals surface area contributed by atoms with E-state index in [0.29, 0.717) is 17.3 Å². The zero-order chi connectivity index (χ0) is 13.6. The van der Waals surface area contributed by atoms with E-state index in [1.165, 1.54) is 6.07 Å². The van der Waals surface area contributed by atoms with Crippen LogP contribution in [-0.4, -0.2) is 29.7 Å². The van der Waals surface area contributed by atoms with Gasteiger partial charge in [0.2, 0.25) is 0 Å². The number of carbonyl (C=O) groups is 1. The van der Waals surface area contributed by atoms with Crippen molar-refractivity contribution < 1.29 is 19.2 Å². The number of aromatic hydroxyl groups is 1. The standard InChI is InChI=1S/C13H17BO4/c1-12(2)13(3,4)18-14(17-12)10-5-9(8-15)6-11(16)7-10/h5-8,16H,1-4H3. The van der Waals surface area contributed by atoms with Crippen molar-refractivity contribution in [3.8, 4) is 5.75 Å². The molecular weight excluding hydrogens is 231 g/mol. The van der Waals surface area contributed by atoms with Gasteiger partial charge in [-0.05, 0) is 45.3 Å². The van der Waals surface area contributed by atoms with E-state index < -0.39 is 18.3 Å². The third-order valence-electron chi connectivity index (χ3n) is 3.62. The molecule has 1 aromatic rings. The number of rotatable bonds is 2. The van der Waals surface area contributed by atoms with Gasteiger partial charge in [-0.25, -0.2) is 0 Å². The number of phenols is 1. The minimum absolute atomic E-state index is 0.0318. The summed E-state index contributed by atoms with van der Waals surface area (Å²) in [6.45, 7) is 7.82. The van der Waals surface area contributed by atoms with Gasteiger partial charge in [0, 0.05) is 5.56 Å². The van der Waals surface area contributed by atoms with E-state index in [4.69, 9.17) is 9.31 Å². The van der Waals surface area contributed by atoms with Gasteiger partial charge >= 0.3 is 7.12 Å². The van der Waals surface area contributed by atoms with Crippen LogP contribution >= 0.6 is 0 Å². The van der Waals surface area contributed by atoms with Crippen LogP contribution < -0.4 is 5.46 Å². The number of phenolic OH excluding ortho intramolecular Hbond substituents is 1. The molecule has 96 valence electrons. The molecule has 1 saturated heterocycles. The fraction of sp³-hybridized carbons (Fsp3) is 0.462. The van der Waals surface area contributed by atoms with Crippen LogP contribution in [0.3, 0.4) is 0 Å². The van der Waals surface area contributed by atoms with Crippen molar-refractivity contribution in [2.75, 3.05) is 0 Å². The zero-order valence-corrected chi connectivity index (χ0v) is 11.1. The molecule has 1 aliphatic rings. The maximum atomic E-state index is 10.8. The molecule has 0 atom stereocenters. The van der Waals surface area contributed by atoms with Crippen molar-refractivity contribution in [2.24, 2.45) is 0 Å². The van der Waals surface area contributed by atoms with Crippen LogP contribution in [0.25, 0.3) is 0 Å². The van der Waals surface area contributed by atoms with E-state index in [1.807, 2.05) is 27.7 Å². The van der Waals surface area contributed by atoms with E-state index in [9.17, 15) is 9.90 Å². The molecule has 1 aliphatic heterocycles. The van der Waals surface area contributed by atoms with Crippen molar-refractivity contribution in [2.45, 2.75) is 38.9 Å². The molecule has 1 fully saturated rings. The smallest absolute Gasteiger partial charge is 0.494 e. The summed E-state index contributed by atoms with van der Waals surface area (Å²) in [7, 11) is -0.569. The van der Waals surface area contributed by atoms with Gasteiger partial charge in [-0.2, -0.15) is 0 Å². The van der Waals surface area contributed by atoms with E-state index in [2.05, 4.69) is 0 Å². The lowest BCUT2D eigenvalue weighted by atomic mass is 9.78. The molecule has 1 N–H and O–H groups in total. The van der Waals surface area contributed by atoms with Gasteiger partial charge in [0.25, 0.3) is 0 Å². The Morgan fingerprint density at radius 3 is 2.17 bits per heavy atom. The first-order chi connectivity index (χ1) is 8.25. The van der Waals surface area contributed by atoms with Gasteiger partial charge in [-0.1, -0.05) is 6.07 Å². The summed E-state index contributed by atoms with van der Waals surface area (Å²) in [5.74, 6) is 0.0318. The quantitative estimate of drug-likeness (QED) is 0.636. The summed E-state index contributed by atoms with van der Waals surface area (Å²) >= 11 is 0. The minimum Gasteiger partial charge on any atom is -0.508 e. The summed E-state index contributed by atoms with van der Waals surface area (Å²) in [6.07, 6.45) is 0.689. The molecule has 0 aliphatic carbocycles. The van der Waals surface area contributed by atoms with Gasteiger partial charge in [0.1, 0.15) is 12.0 Å². The predicted octanol–water partition coefficient (Wildman–Crippen LogP) is 1.50. The first-order valence-electron chi connectivity index (χ1n) is 5.90. The third-order valence-corrected chi connectivity index (χ3v) is 3.62. The fourth-order valence-electron chi connectivity index (χ4n) is 1.84. The van der Waals surface area contributed by atoms with Gasteiger partial charge < -0.3 is 14.4 Å². The highest BCUT2D eigenvalue weighted by Crippen LogP contribution is 2.36. The van der Waals surface area contributed by atoms with Crippen molar-refractivity contribution in [3.05, 3.63) is 23.8 Å². The number of aldehydes is 1.